The summed E-state index contributed by atoms with van der Waals surface area (Å²) in [7, 11) is -3.25. The van der Waals surface area contributed by atoms with E-state index in [0.717, 1.165) is 12.0 Å². The van der Waals surface area contributed by atoms with Crippen molar-refractivity contribution in [3.05, 3.63) is 42.5 Å². The molecule has 88 valence electrons. The summed E-state index contributed by atoms with van der Waals surface area (Å²) in [6, 6.07) is 6.96. The first kappa shape index (κ1) is 13.0. The minimum Gasteiger partial charge on any atom is -0.223 e. The molecule has 2 nitrogen and oxygen atoms in total. The van der Waals surface area contributed by atoms with E-state index in [0.29, 0.717) is 11.3 Å². The smallest absolute Gasteiger partial charge is 0.184 e. The predicted octanol–water partition coefficient (Wildman–Crippen LogP) is 3.12. The van der Waals surface area contributed by atoms with Gasteiger partial charge in [-0.3, -0.25) is 0 Å². The minimum atomic E-state index is -3.25. The Morgan fingerprint density at radius 3 is 2.31 bits per heavy atom. The first-order chi connectivity index (χ1) is 7.52. The molecule has 0 unspecified atom stereocenters. The molecule has 0 fully saturated rings. The average Bonchev–Trinajstić information content (AvgIpc) is 2.26. The molecule has 0 aliphatic carbocycles. The van der Waals surface area contributed by atoms with Crippen LogP contribution < -0.4 is 0 Å². The lowest BCUT2D eigenvalue weighted by atomic mass is 10.2. The SMILES string of the molecule is C=C[C@@H](CCC)S(=O)(=O)c1ccc(C)cc1. The Kier molecular flexibility index (Phi) is 4.30. The van der Waals surface area contributed by atoms with Crippen LogP contribution in [0.2, 0.25) is 0 Å². The fourth-order valence-electron chi connectivity index (χ4n) is 1.59. The van der Waals surface area contributed by atoms with Crippen molar-refractivity contribution in [2.24, 2.45) is 0 Å². The molecule has 1 rings (SSSR count). The molecule has 1 atom stereocenters. The van der Waals surface area contributed by atoms with E-state index in [1.165, 1.54) is 6.08 Å². The summed E-state index contributed by atoms with van der Waals surface area (Å²) in [5, 5.41) is -0.472. The minimum absolute atomic E-state index is 0.386. The Hall–Kier alpha value is -1.09. The Bertz CT molecular complexity index is 443. The first-order valence-corrected chi connectivity index (χ1v) is 7.00. The number of hydrogen-bond donors (Lipinski definition) is 0. The van der Waals surface area contributed by atoms with Crippen molar-refractivity contribution < 1.29 is 8.42 Å². The summed E-state index contributed by atoms with van der Waals surface area (Å²) < 4.78 is 24.4. The lowest BCUT2D eigenvalue weighted by Gasteiger charge is -2.12. The van der Waals surface area contributed by atoms with E-state index in [4.69, 9.17) is 0 Å². The van der Waals surface area contributed by atoms with Crippen LogP contribution in [0.4, 0.5) is 0 Å². The summed E-state index contributed by atoms with van der Waals surface area (Å²) in [5.74, 6) is 0. The highest BCUT2D eigenvalue weighted by Gasteiger charge is 2.23. The summed E-state index contributed by atoms with van der Waals surface area (Å²) in [6.07, 6.45) is 2.99. The second-order valence-corrected chi connectivity index (χ2v) is 6.09. The molecule has 0 saturated heterocycles. The normalized spacial score (nSPS) is 13.4. The number of hydrogen-bond acceptors (Lipinski definition) is 2. The third-order valence-electron chi connectivity index (χ3n) is 2.58. The molecule has 0 aliphatic heterocycles. The Morgan fingerprint density at radius 2 is 1.88 bits per heavy atom. The van der Waals surface area contributed by atoms with Crippen LogP contribution in [-0.2, 0) is 9.84 Å². The zero-order valence-electron chi connectivity index (χ0n) is 9.81. The van der Waals surface area contributed by atoms with Gasteiger partial charge in [-0.05, 0) is 25.5 Å². The zero-order chi connectivity index (χ0) is 12.2. The highest BCUT2D eigenvalue weighted by Crippen LogP contribution is 2.20. The van der Waals surface area contributed by atoms with Crippen molar-refractivity contribution in [1.29, 1.82) is 0 Å². The van der Waals surface area contributed by atoms with E-state index in [2.05, 4.69) is 6.58 Å². The van der Waals surface area contributed by atoms with Crippen LogP contribution in [0.5, 0.6) is 0 Å². The second kappa shape index (κ2) is 5.30. The van der Waals surface area contributed by atoms with Crippen LogP contribution in [0.1, 0.15) is 25.3 Å². The molecule has 0 saturated carbocycles. The van der Waals surface area contributed by atoms with Crippen LogP contribution >= 0.6 is 0 Å². The predicted molar refractivity (Wildman–Crippen MR) is 67.3 cm³/mol. The van der Waals surface area contributed by atoms with Crippen LogP contribution in [0.25, 0.3) is 0 Å². The molecule has 16 heavy (non-hydrogen) atoms. The number of aryl methyl sites for hydroxylation is 1. The maximum absolute atomic E-state index is 12.2. The lowest BCUT2D eigenvalue weighted by molar-refractivity contribution is 0.582. The molecule has 0 amide bonds. The molecule has 0 bridgehead atoms. The Morgan fingerprint density at radius 1 is 1.31 bits per heavy atom. The van der Waals surface area contributed by atoms with Gasteiger partial charge in [-0.1, -0.05) is 37.1 Å². The van der Waals surface area contributed by atoms with Crippen LogP contribution in [0, 0.1) is 6.92 Å². The molecule has 1 aromatic carbocycles. The number of rotatable bonds is 5. The van der Waals surface area contributed by atoms with Gasteiger partial charge in [0.05, 0.1) is 10.1 Å². The van der Waals surface area contributed by atoms with Gasteiger partial charge < -0.3 is 0 Å². The zero-order valence-corrected chi connectivity index (χ0v) is 10.6. The van der Waals surface area contributed by atoms with Gasteiger partial charge in [-0.15, -0.1) is 6.58 Å². The van der Waals surface area contributed by atoms with Crippen molar-refractivity contribution in [1.82, 2.24) is 0 Å². The van der Waals surface area contributed by atoms with Gasteiger partial charge in [-0.25, -0.2) is 8.42 Å². The molecule has 1 aromatic rings. The third-order valence-corrected chi connectivity index (χ3v) is 4.74. The van der Waals surface area contributed by atoms with Crippen molar-refractivity contribution in [2.45, 2.75) is 36.8 Å². The van der Waals surface area contributed by atoms with Crippen LogP contribution in [0.3, 0.4) is 0 Å². The Labute approximate surface area is 97.9 Å². The molecule has 0 spiro atoms. The monoisotopic (exact) mass is 238 g/mol. The van der Waals surface area contributed by atoms with Gasteiger partial charge in [0.25, 0.3) is 0 Å². The molecule has 3 heteroatoms. The van der Waals surface area contributed by atoms with Crippen molar-refractivity contribution >= 4 is 9.84 Å². The number of benzene rings is 1. The lowest BCUT2D eigenvalue weighted by Crippen LogP contribution is -2.18. The molecule has 0 N–H and O–H groups in total. The standard InChI is InChI=1S/C13H18O2S/c1-4-6-12(5-2)16(14,15)13-9-7-11(3)8-10-13/h5,7-10,12H,2,4,6H2,1,3H3/t12-/m0/s1. The molecular formula is C13H18O2S. The van der Waals surface area contributed by atoms with E-state index in [1.54, 1.807) is 12.1 Å². The van der Waals surface area contributed by atoms with Crippen LogP contribution in [0.15, 0.2) is 41.8 Å². The summed E-state index contributed by atoms with van der Waals surface area (Å²) in [4.78, 5) is 0.386. The Balaban J connectivity index is 3.09. The fraction of sp³-hybridized carbons (Fsp3) is 0.385. The quantitative estimate of drug-likeness (QED) is 0.739. The molecule has 0 aliphatic rings. The van der Waals surface area contributed by atoms with Gasteiger partial charge in [-0.2, -0.15) is 0 Å². The van der Waals surface area contributed by atoms with Gasteiger partial charge in [0.1, 0.15) is 0 Å². The largest absolute Gasteiger partial charge is 0.223 e. The maximum atomic E-state index is 12.2. The first-order valence-electron chi connectivity index (χ1n) is 5.45. The maximum Gasteiger partial charge on any atom is 0.184 e. The second-order valence-electron chi connectivity index (χ2n) is 3.92. The van der Waals surface area contributed by atoms with E-state index < -0.39 is 15.1 Å². The fourth-order valence-corrected chi connectivity index (χ4v) is 3.25. The van der Waals surface area contributed by atoms with E-state index in [9.17, 15) is 8.42 Å². The molecule has 0 aromatic heterocycles. The topological polar surface area (TPSA) is 34.1 Å². The van der Waals surface area contributed by atoms with Crippen molar-refractivity contribution in [3.8, 4) is 0 Å². The van der Waals surface area contributed by atoms with Gasteiger partial charge in [0.15, 0.2) is 9.84 Å². The molecule has 0 heterocycles. The number of sulfone groups is 1. The van der Waals surface area contributed by atoms with Crippen LogP contribution in [-0.4, -0.2) is 13.7 Å². The summed E-state index contributed by atoms with van der Waals surface area (Å²) >= 11 is 0. The summed E-state index contributed by atoms with van der Waals surface area (Å²) in [6.45, 7) is 7.52. The van der Waals surface area contributed by atoms with E-state index in [-0.39, 0.29) is 0 Å². The molecule has 0 radical (unpaired) electrons. The van der Waals surface area contributed by atoms with Gasteiger partial charge >= 0.3 is 0 Å². The summed E-state index contributed by atoms with van der Waals surface area (Å²) in [5.41, 5.74) is 1.06. The van der Waals surface area contributed by atoms with Gasteiger partial charge in [0, 0.05) is 0 Å². The van der Waals surface area contributed by atoms with E-state index >= 15 is 0 Å². The average molecular weight is 238 g/mol. The molecular weight excluding hydrogens is 220 g/mol. The third kappa shape index (κ3) is 2.73. The highest BCUT2D eigenvalue weighted by molar-refractivity contribution is 7.92. The highest BCUT2D eigenvalue weighted by atomic mass is 32.2. The van der Waals surface area contributed by atoms with Crippen molar-refractivity contribution in [3.63, 3.8) is 0 Å². The van der Waals surface area contributed by atoms with Gasteiger partial charge in [0.2, 0.25) is 0 Å². The van der Waals surface area contributed by atoms with E-state index in [1.807, 2.05) is 26.0 Å². The van der Waals surface area contributed by atoms with Crippen molar-refractivity contribution in [2.75, 3.05) is 0 Å².